The topological polar surface area (TPSA) is 82.5 Å². The molecule has 0 fully saturated rings. The number of carbonyl (C=O) groups is 1. The SMILES string of the molecule is COc1ccc(CNC(=O)n2sc3ncccc3c2=O)c(OC)c1. The number of ether oxygens (including phenoxy) is 2. The first-order valence-electron chi connectivity index (χ1n) is 7.10. The Hall–Kier alpha value is -2.87. The predicted molar refractivity (Wildman–Crippen MR) is 91.1 cm³/mol. The van der Waals surface area contributed by atoms with Crippen molar-refractivity contribution in [1.82, 2.24) is 14.3 Å². The molecule has 1 amide bonds. The second-order valence-electron chi connectivity index (χ2n) is 4.88. The van der Waals surface area contributed by atoms with Crippen LogP contribution in [0.15, 0.2) is 41.3 Å². The number of fused-ring (bicyclic) bond motifs is 1. The number of methoxy groups -OCH3 is 2. The van der Waals surface area contributed by atoms with Gasteiger partial charge < -0.3 is 14.8 Å². The van der Waals surface area contributed by atoms with Crippen LogP contribution in [0.25, 0.3) is 10.2 Å². The summed E-state index contributed by atoms with van der Waals surface area (Å²) in [6.07, 6.45) is 1.59. The minimum absolute atomic E-state index is 0.222. The van der Waals surface area contributed by atoms with Crippen molar-refractivity contribution >= 4 is 27.8 Å². The van der Waals surface area contributed by atoms with Crippen LogP contribution in [0, 0.1) is 0 Å². The zero-order valence-electron chi connectivity index (χ0n) is 13.1. The van der Waals surface area contributed by atoms with Gasteiger partial charge in [-0.05, 0) is 35.8 Å². The van der Waals surface area contributed by atoms with E-state index in [-0.39, 0.29) is 12.1 Å². The van der Waals surface area contributed by atoms with Gasteiger partial charge in [0, 0.05) is 24.4 Å². The second kappa shape index (κ2) is 6.71. The molecule has 0 unspecified atom stereocenters. The Balaban J connectivity index is 1.80. The zero-order chi connectivity index (χ0) is 17.1. The van der Waals surface area contributed by atoms with E-state index in [9.17, 15) is 9.59 Å². The lowest BCUT2D eigenvalue weighted by atomic mass is 10.2. The lowest BCUT2D eigenvalue weighted by Crippen LogP contribution is -2.32. The molecule has 0 saturated carbocycles. The van der Waals surface area contributed by atoms with Gasteiger partial charge in [0.25, 0.3) is 5.56 Å². The molecule has 0 atom stereocenters. The van der Waals surface area contributed by atoms with Gasteiger partial charge in [-0.2, -0.15) is 3.96 Å². The Labute approximate surface area is 141 Å². The van der Waals surface area contributed by atoms with Crippen molar-refractivity contribution in [2.75, 3.05) is 14.2 Å². The van der Waals surface area contributed by atoms with Gasteiger partial charge in [0.15, 0.2) is 0 Å². The zero-order valence-corrected chi connectivity index (χ0v) is 13.9. The van der Waals surface area contributed by atoms with Crippen LogP contribution in [-0.4, -0.2) is 29.2 Å². The van der Waals surface area contributed by atoms with Crippen molar-refractivity contribution in [3.05, 3.63) is 52.4 Å². The maximum atomic E-state index is 12.3. The van der Waals surface area contributed by atoms with Crippen molar-refractivity contribution in [3.8, 4) is 11.5 Å². The molecule has 8 heteroatoms. The molecule has 124 valence electrons. The normalized spacial score (nSPS) is 10.6. The Morgan fingerprint density at radius 3 is 2.83 bits per heavy atom. The molecular formula is C16H15N3O4S. The van der Waals surface area contributed by atoms with Crippen LogP contribution in [0.1, 0.15) is 5.56 Å². The van der Waals surface area contributed by atoms with E-state index < -0.39 is 6.03 Å². The molecular weight excluding hydrogens is 330 g/mol. The van der Waals surface area contributed by atoms with Crippen LogP contribution in [0.3, 0.4) is 0 Å². The van der Waals surface area contributed by atoms with Crippen molar-refractivity contribution in [1.29, 1.82) is 0 Å². The number of hydrogen-bond donors (Lipinski definition) is 1. The molecule has 3 aromatic rings. The first-order valence-corrected chi connectivity index (χ1v) is 7.87. The molecule has 3 rings (SSSR count). The lowest BCUT2D eigenvalue weighted by Gasteiger charge is -2.11. The van der Waals surface area contributed by atoms with Gasteiger partial charge in [0.05, 0.1) is 19.6 Å². The highest BCUT2D eigenvalue weighted by atomic mass is 32.1. The van der Waals surface area contributed by atoms with E-state index in [1.807, 2.05) is 0 Å². The van der Waals surface area contributed by atoms with Crippen LogP contribution >= 0.6 is 11.5 Å². The summed E-state index contributed by atoms with van der Waals surface area (Å²) in [5, 5.41) is 3.15. The number of carbonyl (C=O) groups excluding carboxylic acids is 1. The highest BCUT2D eigenvalue weighted by Crippen LogP contribution is 2.24. The third-order valence-corrected chi connectivity index (χ3v) is 4.49. The standard InChI is InChI=1S/C16H15N3O4S/c1-22-11-6-5-10(13(8-11)23-2)9-18-16(21)19-15(20)12-4-3-7-17-14(12)24-19/h3-8H,9H2,1-2H3,(H,18,21). The average Bonchev–Trinajstić information content (AvgIpc) is 2.96. The van der Waals surface area contributed by atoms with Gasteiger partial charge in [-0.15, -0.1) is 0 Å². The molecule has 1 N–H and O–H groups in total. The van der Waals surface area contributed by atoms with E-state index in [1.54, 1.807) is 50.7 Å². The van der Waals surface area contributed by atoms with Gasteiger partial charge in [0.2, 0.25) is 0 Å². The number of hydrogen-bond acceptors (Lipinski definition) is 6. The summed E-state index contributed by atoms with van der Waals surface area (Å²) in [7, 11) is 3.11. The van der Waals surface area contributed by atoms with Gasteiger partial charge >= 0.3 is 6.03 Å². The summed E-state index contributed by atoms with van der Waals surface area (Å²) in [6.45, 7) is 0.222. The minimum Gasteiger partial charge on any atom is -0.497 e. The second-order valence-corrected chi connectivity index (χ2v) is 5.82. The molecule has 7 nitrogen and oxygen atoms in total. The smallest absolute Gasteiger partial charge is 0.338 e. The lowest BCUT2D eigenvalue weighted by molar-refractivity contribution is 0.243. The average molecular weight is 345 g/mol. The molecule has 0 spiro atoms. The van der Waals surface area contributed by atoms with Crippen LogP contribution in [0.4, 0.5) is 4.79 Å². The number of aromatic nitrogens is 2. The number of pyridine rings is 1. The molecule has 2 aromatic heterocycles. The van der Waals surface area contributed by atoms with Crippen molar-refractivity contribution < 1.29 is 14.3 Å². The Bertz CT molecular complexity index is 948. The van der Waals surface area contributed by atoms with Crippen molar-refractivity contribution in [2.45, 2.75) is 6.54 Å². The highest BCUT2D eigenvalue weighted by molar-refractivity contribution is 7.14. The number of nitrogens with one attached hydrogen (secondary N) is 1. The Morgan fingerprint density at radius 1 is 1.29 bits per heavy atom. The maximum Gasteiger partial charge on any atom is 0.338 e. The first kappa shape index (κ1) is 16.0. The minimum atomic E-state index is -0.499. The van der Waals surface area contributed by atoms with E-state index in [0.29, 0.717) is 21.7 Å². The van der Waals surface area contributed by atoms with Crippen molar-refractivity contribution in [2.24, 2.45) is 0 Å². The van der Waals surface area contributed by atoms with E-state index in [2.05, 4.69) is 10.3 Å². The number of nitrogens with zero attached hydrogens (tertiary/aromatic N) is 2. The fraction of sp³-hybridized carbons (Fsp3) is 0.188. The summed E-state index contributed by atoms with van der Waals surface area (Å²) < 4.78 is 11.5. The molecule has 0 aliphatic heterocycles. The van der Waals surface area contributed by atoms with E-state index in [0.717, 1.165) is 21.1 Å². The molecule has 0 aliphatic carbocycles. The Kier molecular flexibility index (Phi) is 4.48. The molecule has 0 bridgehead atoms. The van der Waals surface area contributed by atoms with Crippen LogP contribution in [0.5, 0.6) is 11.5 Å². The van der Waals surface area contributed by atoms with Gasteiger partial charge in [-0.3, -0.25) is 4.79 Å². The predicted octanol–water partition coefficient (Wildman–Crippen LogP) is 2.23. The fourth-order valence-corrected chi connectivity index (χ4v) is 3.10. The summed E-state index contributed by atoms with van der Waals surface area (Å²) >= 11 is 1.01. The van der Waals surface area contributed by atoms with Crippen LogP contribution < -0.4 is 20.3 Å². The Morgan fingerprint density at radius 2 is 2.12 bits per heavy atom. The van der Waals surface area contributed by atoms with E-state index in [4.69, 9.17) is 9.47 Å². The molecule has 0 saturated heterocycles. The van der Waals surface area contributed by atoms with Gasteiger partial charge in [-0.25, -0.2) is 9.78 Å². The monoisotopic (exact) mass is 345 g/mol. The fourth-order valence-electron chi connectivity index (χ4n) is 2.24. The molecule has 2 heterocycles. The van der Waals surface area contributed by atoms with Crippen molar-refractivity contribution in [3.63, 3.8) is 0 Å². The van der Waals surface area contributed by atoms with Gasteiger partial charge in [-0.1, -0.05) is 0 Å². The molecule has 24 heavy (non-hydrogen) atoms. The number of benzene rings is 1. The molecule has 0 aliphatic rings. The number of rotatable bonds is 4. The van der Waals surface area contributed by atoms with Crippen LogP contribution in [-0.2, 0) is 6.54 Å². The largest absolute Gasteiger partial charge is 0.497 e. The summed E-state index contributed by atoms with van der Waals surface area (Å²) in [5.74, 6) is 1.26. The van der Waals surface area contributed by atoms with E-state index in [1.165, 1.54) is 0 Å². The highest BCUT2D eigenvalue weighted by Gasteiger charge is 2.15. The maximum absolute atomic E-state index is 12.3. The molecule has 0 radical (unpaired) electrons. The number of amides is 1. The third-order valence-electron chi connectivity index (χ3n) is 3.47. The molecule has 1 aromatic carbocycles. The van der Waals surface area contributed by atoms with Crippen LogP contribution in [0.2, 0.25) is 0 Å². The van der Waals surface area contributed by atoms with E-state index >= 15 is 0 Å². The quantitative estimate of drug-likeness (QED) is 0.784. The summed E-state index contributed by atoms with van der Waals surface area (Å²) in [6, 6.07) is 8.13. The summed E-state index contributed by atoms with van der Waals surface area (Å²) in [4.78, 5) is 29.1. The van der Waals surface area contributed by atoms with Gasteiger partial charge in [0.1, 0.15) is 16.3 Å². The summed E-state index contributed by atoms with van der Waals surface area (Å²) in [5.41, 5.74) is 0.404. The first-order chi connectivity index (χ1) is 11.6. The third kappa shape index (κ3) is 2.95.